The van der Waals surface area contributed by atoms with Crippen molar-refractivity contribution in [3.05, 3.63) is 45.9 Å². The van der Waals surface area contributed by atoms with Crippen molar-refractivity contribution in [2.24, 2.45) is 0 Å². The van der Waals surface area contributed by atoms with Crippen LogP contribution < -0.4 is 5.56 Å². The van der Waals surface area contributed by atoms with E-state index < -0.39 is 0 Å². The minimum atomic E-state index is -0.209. The second-order valence-corrected chi connectivity index (χ2v) is 3.21. The molecule has 3 heteroatoms. The molecule has 0 radical (unpaired) electrons. The van der Waals surface area contributed by atoms with E-state index in [1.165, 1.54) is 0 Å². The van der Waals surface area contributed by atoms with Crippen LogP contribution in [0.1, 0.15) is 11.3 Å². The van der Waals surface area contributed by atoms with Gasteiger partial charge in [-0.2, -0.15) is 5.26 Å². The molecular weight excluding hydrogens is 176 g/mol. The van der Waals surface area contributed by atoms with E-state index in [1.54, 1.807) is 12.1 Å². The van der Waals surface area contributed by atoms with Crippen molar-refractivity contribution in [1.29, 1.82) is 5.26 Å². The van der Waals surface area contributed by atoms with Gasteiger partial charge >= 0.3 is 0 Å². The largest absolute Gasteiger partial charge is 0.313 e. The highest BCUT2D eigenvalue weighted by Gasteiger charge is 2.00. The van der Waals surface area contributed by atoms with E-state index in [4.69, 9.17) is 5.26 Å². The average molecular weight is 184 g/mol. The van der Waals surface area contributed by atoms with Crippen LogP contribution in [0.5, 0.6) is 0 Å². The lowest BCUT2D eigenvalue weighted by Gasteiger charge is -1.98. The predicted octanol–water partition coefficient (Wildman–Crippen LogP) is 1.71. The number of H-pyrrole nitrogens is 1. The summed E-state index contributed by atoms with van der Waals surface area (Å²) in [4.78, 5) is 14.0. The van der Waals surface area contributed by atoms with Crippen LogP contribution in [0, 0.1) is 18.3 Å². The van der Waals surface area contributed by atoms with Gasteiger partial charge in [0, 0.05) is 5.39 Å². The Morgan fingerprint density at radius 1 is 1.36 bits per heavy atom. The molecule has 14 heavy (non-hydrogen) atoms. The van der Waals surface area contributed by atoms with Gasteiger partial charge in [0.2, 0.25) is 0 Å². The number of aromatic nitrogens is 1. The first-order chi connectivity index (χ1) is 6.70. The Bertz CT molecular complexity index is 590. The fourth-order valence-electron chi connectivity index (χ4n) is 1.45. The molecule has 0 aliphatic carbocycles. The van der Waals surface area contributed by atoms with Crippen LogP contribution in [0.2, 0.25) is 0 Å². The Balaban J connectivity index is 2.92. The maximum Gasteiger partial charge on any atom is 0.256 e. The van der Waals surface area contributed by atoms with E-state index in [9.17, 15) is 4.79 Å². The maximum absolute atomic E-state index is 11.5. The minimum absolute atomic E-state index is 0.209. The third kappa shape index (κ3) is 1.27. The highest BCUT2D eigenvalue weighted by atomic mass is 16.1. The van der Waals surface area contributed by atoms with Gasteiger partial charge in [-0.3, -0.25) is 4.79 Å². The standard InChI is InChI=1S/C11H8N2O/c1-7-2-3-10-8(4-7)5-9(6-12)13-11(10)14/h2-5H,1H3,(H,13,14). The number of fused-ring (bicyclic) bond motifs is 1. The Morgan fingerprint density at radius 3 is 2.86 bits per heavy atom. The Hall–Kier alpha value is -2.08. The quantitative estimate of drug-likeness (QED) is 0.677. The van der Waals surface area contributed by atoms with Crippen LogP contribution in [0.25, 0.3) is 10.8 Å². The van der Waals surface area contributed by atoms with E-state index in [1.807, 2.05) is 25.1 Å². The summed E-state index contributed by atoms with van der Waals surface area (Å²) >= 11 is 0. The molecule has 1 aromatic carbocycles. The van der Waals surface area contributed by atoms with Gasteiger partial charge in [0.05, 0.1) is 0 Å². The first-order valence-electron chi connectivity index (χ1n) is 4.24. The molecular formula is C11H8N2O. The van der Waals surface area contributed by atoms with E-state index in [-0.39, 0.29) is 5.56 Å². The van der Waals surface area contributed by atoms with E-state index in [2.05, 4.69) is 4.98 Å². The van der Waals surface area contributed by atoms with Gasteiger partial charge in [-0.15, -0.1) is 0 Å². The molecule has 0 atom stereocenters. The Kier molecular flexibility index (Phi) is 1.83. The molecule has 0 saturated heterocycles. The van der Waals surface area contributed by atoms with Crippen LogP contribution >= 0.6 is 0 Å². The topological polar surface area (TPSA) is 56.6 Å². The number of aryl methyl sites for hydroxylation is 1. The lowest BCUT2D eigenvalue weighted by molar-refractivity contribution is 1.22. The first kappa shape index (κ1) is 8.52. The van der Waals surface area contributed by atoms with Crippen LogP contribution in [-0.2, 0) is 0 Å². The van der Waals surface area contributed by atoms with E-state index in [0.29, 0.717) is 11.1 Å². The van der Waals surface area contributed by atoms with Crippen molar-refractivity contribution in [3.63, 3.8) is 0 Å². The van der Waals surface area contributed by atoms with Crippen LogP contribution in [0.4, 0.5) is 0 Å². The zero-order valence-electron chi connectivity index (χ0n) is 7.66. The van der Waals surface area contributed by atoms with Gasteiger partial charge in [0.25, 0.3) is 5.56 Å². The number of nitriles is 1. The second-order valence-electron chi connectivity index (χ2n) is 3.21. The number of aromatic amines is 1. The molecule has 2 rings (SSSR count). The molecule has 68 valence electrons. The Labute approximate surface area is 80.6 Å². The molecule has 1 aromatic heterocycles. The molecule has 0 fully saturated rings. The third-order valence-corrected chi connectivity index (χ3v) is 2.12. The van der Waals surface area contributed by atoms with Crippen molar-refractivity contribution < 1.29 is 0 Å². The van der Waals surface area contributed by atoms with Gasteiger partial charge in [-0.05, 0) is 24.4 Å². The van der Waals surface area contributed by atoms with Gasteiger partial charge in [0.1, 0.15) is 11.8 Å². The fraction of sp³-hybridized carbons (Fsp3) is 0.0909. The summed E-state index contributed by atoms with van der Waals surface area (Å²) in [6.45, 7) is 1.95. The van der Waals surface area contributed by atoms with Gasteiger partial charge in [-0.25, -0.2) is 0 Å². The van der Waals surface area contributed by atoms with E-state index in [0.717, 1.165) is 10.9 Å². The molecule has 2 aromatic rings. The maximum atomic E-state index is 11.5. The predicted molar refractivity (Wildman–Crippen MR) is 54.0 cm³/mol. The summed E-state index contributed by atoms with van der Waals surface area (Å²) in [5.41, 5.74) is 1.17. The number of hydrogen-bond acceptors (Lipinski definition) is 2. The molecule has 3 nitrogen and oxygen atoms in total. The molecule has 0 unspecified atom stereocenters. The smallest absolute Gasteiger partial charge is 0.256 e. The van der Waals surface area contributed by atoms with Crippen molar-refractivity contribution >= 4 is 10.8 Å². The number of nitrogens with zero attached hydrogens (tertiary/aromatic N) is 1. The highest BCUT2D eigenvalue weighted by molar-refractivity contribution is 5.82. The monoisotopic (exact) mass is 184 g/mol. The zero-order valence-corrected chi connectivity index (χ0v) is 7.66. The van der Waals surface area contributed by atoms with Crippen molar-refractivity contribution in [2.45, 2.75) is 6.92 Å². The minimum Gasteiger partial charge on any atom is -0.313 e. The summed E-state index contributed by atoms with van der Waals surface area (Å²) in [6, 6.07) is 9.15. The molecule has 1 heterocycles. The summed E-state index contributed by atoms with van der Waals surface area (Å²) in [6.07, 6.45) is 0. The number of nitrogens with one attached hydrogen (secondary N) is 1. The third-order valence-electron chi connectivity index (χ3n) is 2.12. The number of hydrogen-bond donors (Lipinski definition) is 1. The lowest BCUT2D eigenvalue weighted by Crippen LogP contribution is -2.07. The first-order valence-corrected chi connectivity index (χ1v) is 4.24. The molecule has 1 N–H and O–H groups in total. The lowest BCUT2D eigenvalue weighted by atomic mass is 10.1. The van der Waals surface area contributed by atoms with Crippen LogP contribution in [0.15, 0.2) is 29.1 Å². The highest BCUT2D eigenvalue weighted by Crippen LogP contribution is 2.12. The number of rotatable bonds is 0. The molecule has 0 bridgehead atoms. The van der Waals surface area contributed by atoms with Crippen LogP contribution in [0.3, 0.4) is 0 Å². The normalized spacial score (nSPS) is 10.0. The molecule has 0 saturated carbocycles. The van der Waals surface area contributed by atoms with Crippen molar-refractivity contribution in [3.8, 4) is 6.07 Å². The van der Waals surface area contributed by atoms with Gasteiger partial charge in [-0.1, -0.05) is 17.7 Å². The molecule has 0 aliphatic heterocycles. The average Bonchev–Trinajstić information content (AvgIpc) is 2.16. The number of pyridine rings is 1. The fourth-order valence-corrected chi connectivity index (χ4v) is 1.45. The molecule has 0 aliphatic rings. The molecule has 0 spiro atoms. The van der Waals surface area contributed by atoms with Crippen LogP contribution in [-0.4, -0.2) is 4.98 Å². The molecule has 0 amide bonds. The van der Waals surface area contributed by atoms with Crippen molar-refractivity contribution in [1.82, 2.24) is 4.98 Å². The van der Waals surface area contributed by atoms with Gasteiger partial charge in [0.15, 0.2) is 0 Å². The summed E-state index contributed by atoms with van der Waals surface area (Å²) in [7, 11) is 0. The summed E-state index contributed by atoms with van der Waals surface area (Å²) < 4.78 is 0. The zero-order chi connectivity index (χ0) is 10.1. The summed E-state index contributed by atoms with van der Waals surface area (Å²) in [5, 5.41) is 10.1. The Morgan fingerprint density at radius 2 is 2.14 bits per heavy atom. The van der Waals surface area contributed by atoms with Crippen molar-refractivity contribution in [2.75, 3.05) is 0 Å². The van der Waals surface area contributed by atoms with Gasteiger partial charge < -0.3 is 4.98 Å². The van der Waals surface area contributed by atoms with E-state index >= 15 is 0 Å². The SMILES string of the molecule is Cc1ccc2c(=O)[nH]c(C#N)cc2c1. The second kappa shape index (κ2) is 3.00. The summed E-state index contributed by atoms with van der Waals surface area (Å²) in [5.74, 6) is 0. The number of benzene rings is 1.